The Morgan fingerprint density at radius 2 is 1.68 bits per heavy atom. The van der Waals surface area contributed by atoms with Gasteiger partial charge in [0.15, 0.2) is 5.78 Å². The lowest BCUT2D eigenvalue weighted by Crippen LogP contribution is -2.03. The molecule has 0 aromatic heterocycles. The number of benzene rings is 2. The maximum absolute atomic E-state index is 13.4. The van der Waals surface area contributed by atoms with Crippen molar-refractivity contribution in [2.75, 3.05) is 0 Å². The molecule has 0 aliphatic heterocycles. The maximum atomic E-state index is 13.4. The van der Waals surface area contributed by atoms with Gasteiger partial charge in [-0.2, -0.15) is 0 Å². The molecule has 0 fully saturated rings. The largest absolute Gasteiger partial charge is 0.478 e. The molecule has 0 amide bonds. The zero-order chi connectivity index (χ0) is 14.0. The summed E-state index contributed by atoms with van der Waals surface area (Å²) in [6.07, 6.45) is 0. The zero-order valence-electron chi connectivity index (χ0n) is 10.2. The van der Waals surface area contributed by atoms with Crippen LogP contribution in [0.4, 0.5) is 4.39 Å². The molecule has 0 spiro atoms. The maximum Gasteiger partial charge on any atom is 0.336 e. The van der Waals surface area contributed by atoms with Crippen LogP contribution in [0.3, 0.4) is 0 Å². The number of ketones is 1. The summed E-state index contributed by atoms with van der Waals surface area (Å²) >= 11 is 0. The Bertz CT molecular complexity index is 662. The van der Waals surface area contributed by atoms with Crippen molar-refractivity contribution < 1.29 is 19.1 Å². The van der Waals surface area contributed by atoms with Gasteiger partial charge in [-0.05, 0) is 36.2 Å². The number of aromatic carboxylic acids is 1. The van der Waals surface area contributed by atoms with Crippen LogP contribution in [0.25, 0.3) is 11.1 Å². The highest BCUT2D eigenvalue weighted by molar-refractivity contribution is 6.04. The second-order valence-corrected chi connectivity index (χ2v) is 4.10. The first-order valence-electron chi connectivity index (χ1n) is 5.64. The van der Waals surface area contributed by atoms with E-state index in [9.17, 15) is 14.0 Å². The molecule has 0 saturated heterocycles. The molecule has 2 aromatic carbocycles. The van der Waals surface area contributed by atoms with Gasteiger partial charge in [-0.3, -0.25) is 4.79 Å². The van der Waals surface area contributed by atoms with Crippen LogP contribution in [0.1, 0.15) is 27.6 Å². The highest BCUT2D eigenvalue weighted by Gasteiger charge is 2.16. The van der Waals surface area contributed by atoms with Gasteiger partial charge in [0.1, 0.15) is 5.82 Å². The number of rotatable bonds is 3. The molecular weight excluding hydrogens is 247 g/mol. The fraction of sp³-hybridized carbons (Fsp3) is 0.0667. The molecular formula is C15H11FO3. The molecule has 2 aromatic rings. The fourth-order valence-electron chi connectivity index (χ4n) is 1.95. The molecule has 0 atom stereocenters. The Labute approximate surface area is 109 Å². The third kappa shape index (κ3) is 2.52. The Morgan fingerprint density at radius 3 is 2.32 bits per heavy atom. The van der Waals surface area contributed by atoms with E-state index in [0.717, 1.165) is 12.1 Å². The number of carboxylic acids is 1. The van der Waals surface area contributed by atoms with E-state index in [2.05, 4.69) is 0 Å². The predicted molar refractivity (Wildman–Crippen MR) is 68.8 cm³/mol. The molecule has 0 heterocycles. The number of carbonyl (C=O) groups excluding carboxylic acids is 1. The SMILES string of the molecule is CC(=O)c1ccccc1-c1cc(F)ccc1C(=O)O. The summed E-state index contributed by atoms with van der Waals surface area (Å²) in [5, 5.41) is 9.14. The number of hydrogen-bond acceptors (Lipinski definition) is 2. The van der Waals surface area contributed by atoms with Gasteiger partial charge in [0, 0.05) is 5.56 Å². The van der Waals surface area contributed by atoms with E-state index in [1.54, 1.807) is 24.3 Å². The van der Waals surface area contributed by atoms with Gasteiger partial charge >= 0.3 is 5.97 Å². The van der Waals surface area contributed by atoms with Crippen molar-refractivity contribution in [1.29, 1.82) is 0 Å². The fourth-order valence-corrected chi connectivity index (χ4v) is 1.95. The van der Waals surface area contributed by atoms with Crippen LogP contribution in [-0.2, 0) is 0 Å². The summed E-state index contributed by atoms with van der Waals surface area (Å²) in [6, 6.07) is 9.98. The Hall–Kier alpha value is -2.49. The third-order valence-corrected chi connectivity index (χ3v) is 2.81. The number of carbonyl (C=O) groups is 2. The van der Waals surface area contributed by atoms with Crippen LogP contribution in [0.5, 0.6) is 0 Å². The summed E-state index contributed by atoms with van der Waals surface area (Å²) in [5.74, 6) is -1.90. The standard InChI is InChI=1S/C15H11FO3/c1-9(17)11-4-2-3-5-12(11)14-8-10(16)6-7-13(14)15(18)19/h2-8H,1H3,(H,18,19). The lowest BCUT2D eigenvalue weighted by Gasteiger charge is -2.10. The monoisotopic (exact) mass is 258 g/mol. The van der Waals surface area contributed by atoms with Gasteiger partial charge in [0.05, 0.1) is 5.56 Å². The highest BCUT2D eigenvalue weighted by Crippen LogP contribution is 2.28. The van der Waals surface area contributed by atoms with E-state index in [-0.39, 0.29) is 16.9 Å². The van der Waals surface area contributed by atoms with Crippen molar-refractivity contribution in [2.24, 2.45) is 0 Å². The molecule has 0 unspecified atom stereocenters. The van der Waals surface area contributed by atoms with Crippen molar-refractivity contribution in [3.05, 3.63) is 59.4 Å². The van der Waals surface area contributed by atoms with Crippen molar-refractivity contribution >= 4 is 11.8 Å². The predicted octanol–water partition coefficient (Wildman–Crippen LogP) is 3.39. The van der Waals surface area contributed by atoms with Gasteiger partial charge in [0.25, 0.3) is 0 Å². The van der Waals surface area contributed by atoms with Crippen LogP contribution in [0.15, 0.2) is 42.5 Å². The molecule has 0 radical (unpaired) electrons. The summed E-state index contributed by atoms with van der Waals surface area (Å²) in [7, 11) is 0. The van der Waals surface area contributed by atoms with Crippen LogP contribution in [0, 0.1) is 5.82 Å². The lowest BCUT2D eigenvalue weighted by atomic mass is 9.94. The minimum atomic E-state index is -1.16. The molecule has 4 heteroatoms. The van der Waals surface area contributed by atoms with Crippen molar-refractivity contribution in [3.8, 4) is 11.1 Å². The summed E-state index contributed by atoms with van der Waals surface area (Å²) in [6.45, 7) is 1.39. The molecule has 0 aliphatic carbocycles. The third-order valence-electron chi connectivity index (χ3n) is 2.81. The second-order valence-electron chi connectivity index (χ2n) is 4.10. The van der Waals surface area contributed by atoms with Crippen LogP contribution in [-0.4, -0.2) is 16.9 Å². The minimum Gasteiger partial charge on any atom is -0.478 e. The first-order valence-corrected chi connectivity index (χ1v) is 5.64. The first-order chi connectivity index (χ1) is 9.00. The van der Waals surface area contributed by atoms with Crippen molar-refractivity contribution in [2.45, 2.75) is 6.92 Å². The normalized spacial score (nSPS) is 10.2. The van der Waals surface area contributed by atoms with E-state index < -0.39 is 11.8 Å². The average Bonchev–Trinajstić information content (AvgIpc) is 2.38. The van der Waals surface area contributed by atoms with Crippen molar-refractivity contribution in [1.82, 2.24) is 0 Å². The molecule has 1 N–H and O–H groups in total. The van der Waals surface area contributed by atoms with Gasteiger partial charge in [-0.25, -0.2) is 9.18 Å². The number of carboxylic acid groups (broad SMARTS) is 1. The molecule has 0 bridgehead atoms. The summed E-state index contributed by atoms with van der Waals surface area (Å²) in [4.78, 5) is 22.7. The smallest absolute Gasteiger partial charge is 0.336 e. The van der Waals surface area contributed by atoms with Crippen LogP contribution >= 0.6 is 0 Å². The molecule has 0 aliphatic rings. The minimum absolute atomic E-state index is 0.0323. The summed E-state index contributed by atoms with van der Waals surface area (Å²) < 4.78 is 13.4. The number of hydrogen-bond donors (Lipinski definition) is 1. The molecule has 19 heavy (non-hydrogen) atoms. The lowest BCUT2D eigenvalue weighted by molar-refractivity contribution is 0.0697. The quantitative estimate of drug-likeness (QED) is 0.858. The van der Waals surface area contributed by atoms with Gasteiger partial charge < -0.3 is 5.11 Å². The average molecular weight is 258 g/mol. The highest BCUT2D eigenvalue weighted by atomic mass is 19.1. The topological polar surface area (TPSA) is 54.4 Å². The van der Waals surface area contributed by atoms with E-state index >= 15 is 0 Å². The number of halogens is 1. The van der Waals surface area contributed by atoms with Crippen molar-refractivity contribution in [3.63, 3.8) is 0 Å². The van der Waals surface area contributed by atoms with E-state index in [0.29, 0.717) is 11.1 Å². The van der Waals surface area contributed by atoms with Gasteiger partial charge in [-0.1, -0.05) is 24.3 Å². The first kappa shape index (κ1) is 13.0. The molecule has 2 rings (SSSR count). The van der Waals surface area contributed by atoms with E-state index in [1.807, 2.05) is 0 Å². The van der Waals surface area contributed by atoms with E-state index in [4.69, 9.17) is 5.11 Å². The Kier molecular flexibility index (Phi) is 3.42. The molecule has 96 valence electrons. The Morgan fingerprint density at radius 1 is 1.00 bits per heavy atom. The van der Waals surface area contributed by atoms with Crippen LogP contribution < -0.4 is 0 Å². The van der Waals surface area contributed by atoms with Gasteiger partial charge in [-0.15, -0.1) is 0 Å². The summed E-state index contributed by atoms with van der Waals surface area (Å²) in [5.41, 5.74) is 0.968. The van der Waals surface area contributed by atoms with Crippen LogP contribution in [0.2, 0.25) is 0 Å². The molecule has 3 nitrogen and oxygen atoms in total. The number of Topliss-reactive ketones (excluding diaryl/α,β-unsaturated/α-hetero) is 1. The zero-order valence-corrected chi connectivity index (χ0v) is 10.2. The Balaban J connectivity index is 2.75. The molecule has 0 saturated carbocycles. The van der Waals surface area contributed by atoms with E-state index in [1.165, 1.54) is 13.0 Å². The van der Waals surface area contributed by atoms with Gasteiger partial charge in [0.2, 0.25) is 0 Å². The second kappa shape index (κ2) is 5.02.